The van der Waals surface area contributed by atoms with Gasteiger partial charge >= 0.3 is 0 Å². The molecule has 1 N–H and O–H groups in total. The Morgan fingerprint density at radius 1 is 1.21 bits per heavy atom. The molecule has 6 heteroatoms. The second-order valence-electron chi connectivity index (χ2n) is 4.05. The molecule has 0 saturated carbocycles. The highest BCUT2D eigenvalue weighted by molar-refractivity contribution is 7.85. The highest BCUT2D eigenvalue weighted by atomic mass is 32.2. The zero-order valence-electron chi connectivity index (χ0n) is 10.7. The maximum atomic E-state index is 12.4. The van der Waals surface area contributed by atoms with Crippen LogP contribution in [0.2, 0.25) is 0 Å². The topological polar surface area (TPSA) is 57.6 Å². The third-order valence-electron chi connectivity index (χ3n) is 2.41. The van der Waals surface area contributed by atoms with Crippen LogP contribution in [0.4, 0.5) is 4.39 Å². The highest BCUT2D eigenvalue weighted by Crippen LogP contribution is 2.08. The van der Waals surface area contributed by atoms with Gasteiger partial charge in [0.05, 0.1) is 4.90 Å². The van der Waals surface area contributed by atoms with Gasteiger partial charge in [-0.25, -0.2) is 4.39 Å². The van der Waals surface area contributed by atoms with E-state index < -0.39 is 16.4 Å². The standard InChI is InChI=1S/C7H8O3S.C6H8FN/c1-6-2-4-7(5-3-6)11(8,9)10;1-8-5-3-2-4-6(8)7/h2-5H,1H3,(H,8,9,10);2-6H,1H3. The number of aryl methyl sites for hydroxylation is 1. The largest absolute Gasteiger partial charge is 0.348 e. The van der Waals surface area contributed by atoms with E-state index in [0.29, 0.717) is 0 Å². The van der Waals surface area contributed by atoms with Crippen LogP contribution in [0.15, 0.2) is 53.6 Å². The maximum Gasteiger partial charge on any atom is 0.294 e. The zero-order chi connectivity index (χ0) is 14.5. The predicted molar refractivity (Wildman–Crippen MR) is 71.9 cm³/mol. The number of benzene rings is 1. The van der Waals surface area contributed by atoms with E-state index in [4.69, 9.17) is 4.55 Å². The molecule has 19 heavy (non-hydrogen) atoms. The van der Waals surface area contributed by atoms with E-state index in [1.54, 1.807) is 37.5 Å². The molecule has 0 spiro atoms. The fourth-order valence-corrected chi connectivity index (χ4v) is 1.75. The Morgan fingerprint density at radius 2 is 1.79 bits per heavy atom. The van der Waals surface area contributed by atoms with Crippen molar-refractivity contribution in [1.82, 2.24) is 4.90 Å². The van der Waals surface area contributed by atoms with E-state index in [0.717, 1.165) is 5.56 Å². The lowest BCUT2D eigenvalue weighted by atomic mass is 10.2. The van der Waals surface area contributed by atoms with Crippen LogP contribution in [0.25, 0.3) is 0 Å². The number of hydrogen-bond acceptors (Lipinski definition) is 3. The molecular weight excluding hydrogens is 269 g/mol. The molecule has 1 aromatic rings. The SMILES string of the molecule is CN1C=CC=CC1F.Cc1ccc(S(=O)(=O)O)cc1. The number of alkyl halides is 1. The van der Waals surface area contributed by atoms with Gasteiger partial charge in [-0.05, 0) is 31.2 Å². The van der Waals surface area contributed by atoms with Crippen molar-refractivity contribution < 1.29 is 17.4 Å². The zero-order valence-corrected chi connectivity index (χ0v) is 11.5. The van der Waals surface area contributed by atoms with Gasteiger partial charge in [0, 0.05) is 13.2 Å². The van der Waals surface area contributed by atoms with Crippen LogP contribution >= 0.6 is 0 Å². The van der Waals surface area contributed by atoms with Gasteiger partial charge in [-0.15, -0.1) is 0 Å². The average molecular weight is 285 g/mol. The smallest absolute Gasteiger partial charge is 0.294 e. The van der Waals surface area contributed by atoms with Gasteiger partial charge in [0.2, 0.25) is 0 Å². The van der Waals surface area contributed by atoms with Crippen LogP contribution in [0.3, 0.4) is 0 Å². The second-order valence-corrected chi connectivity index (χ2v) is 5.47. The first-order valence-electron chi connectivity index (χ1n) is 5.56. The number of likely N-dealkylation sites (N-methyl/N-ethyl adjacent to an activating group) is 1. The summed E-state index contributed by atoms with van der Waals surface area (Å²) in [4.78, 5) is 1.43. The van der Waals surface area contributed by atoms with Gasteiger partial charge in [-0.2, -0.15) is 8.42 Å². The minimum Gasteiger partial charge on any atom is -0.348 e. The molecule has 0 saturated heterocycles. The summed E-state index contributed by atoms with van der Waals surface area (Å²) < 4.78 is 41.9. The molecule has 0 aromatic heterocycles. The molecule has 0 amide bonds. The summed E-state index contributed by atoms with van der Waals surface area (Å²) in [7, 11) is -2.32. The van der Waals surface area contributed by atoms with Crippen molar-refractivity contribution in [1.29, 1.82) is 0 Å². The molecule has 1 aromatic carbocycles. The lowest BCUT2D eigenvalue weighted by Gasteiger charge is -2.17. The maximum absolute atomic E-state index is 12.4. The second kappa shape index (κ2) is 6.49. The fraction of sp³-hybridized carbons (Fsp3) is 0.231. The van der Waals surface area contributed by atoms with Crippen molar-refractivity contribution in [3.8, 4) is 0 Å². The normalized spacial score (nSPS) is 17.9. The molecule has 1 aliphatic rings. The molecule has 104 valence electrons. The molecular formula is C13H16FNO3S. The van der Waals surface area contributed by atoms with Crippen LogP contribution in [0.5, 0.6) is 0 Å². The van der Waals surface area contributed by atoms with E-state index in [9.17, 15) is 12.8 Å². The fourth-order valence-electron chi connectivity index (χ4n) is 1.27. The highest BCUT2D eigenvalue weighted by Gasteiger charge is 2.07. The Morgan fingerprint density at radius 3 is 2.16 bits per heavy atom. The van der Waals surface area contributed by atoms with Gasteiger partial charge in [0.1, 0.15) is 0 Å². The third-order valence-corrected chi connectivity index (χ3v) is 3.28. The number of allylic oxidation sites excluding steroid dienone is 2. The molecule has 0 fully saturated rings. The molecule has 1 heterocycles. The summed E-state index contributed by atoms with van der Waals surface area (Å²) in [6, 6.07) is 5.99. The summed E-state index contributed by atoms with van der Waals surface area (Å²) in [6.07, 6.45) is 5.77. The first kappa shape index (κ1) is 15.4. The molecule has 2 rings (SSSR count). The van der Waals surface area contributed by atoms with Gasteiger partial charge < -0.3 is 4.90 Å². The summed E-state index contributed by atoms with van der Waals surface area (Å²) in [5, 5.41) is 0. The summed E-state index contributed by atoms with van der Waals surface area (Å²) in [6.45, 7) is 1.84. The Labute approximate surface area is 112 Å². The summed E-state index contributed by atoms with van der Waals surface area (Å²) >= 11 is 0. The van der Waals surface area contributed by atoms with Crippen LogP contribution in [-0.2, 0) is 10.1 Å². The van der Waals surface area contributed by atoms with Crippen molar-refractivity contribution in [2.75, 3.05) is 7.05 Å². The van der Waals surface area contributed by atoms with Crippen LogP contribution in [0.1, 0.15) is 5.56 Å². The summed E-state index contributed by atoms with van der Waals surface area (Å²) in [5.74, 6) is 0. The first-order valence-corrected chi connectivity index (χ1v) is 7.00. The monoisotopic (exact) mass is 285 g/mol. The van der Waals surface area contributed by atoms with E-state index in [1.807, 2.05) is 6.92 Å². The van der Waals surface area contributed by atoms with E-state index in [1.165, 1.54) is 23.1 Å². The van der Waals surface area contributed by atoms with Crippen molar-refractivity contribution in [2.24, 2.45) is 0 Å². The number of nitrogens with zero attached hydrogens (tertiary/aromatic N) is 1. The first-order chi connectivity index (χ1) is 8.80. The van der Waals surface area contributed by atoms with Gasteiger partial charge in [-0.3, -0.25) is 4.55 Å². The van der Waals surface area contributed by atoms with Crippen molar-refractivity contribution in [3.05, 3.63) is 54.3 Å². The predicted octanol–water partition coefficient (Wildman–Crippen LogP) is 2.54. The molecule has 0 radical (unpaired) electrons. The van der Waals surface area contributed by atoms with Crippen LogP contribution < -0.4 is 0 Å². The number of halogens is 1. The minimum absolute atomic E-state index is 0.0666. The van der Waals surface area contributed by atoms with E-state index in [-0.39, 0.29) is 4.90 Å². The lowest BCUT2D eigenvalue weighted by molar-refractivity contribution is 0.207. The quantitative estimate of drug-likeness (QED) is 0.636. The Balaban J connectivity index is 0.000000200. The molecule has 0 aliphatic carbocycles. The molecule has 4 nitrogen and oxygen atoms in total. The molecule has 0 bridgehead atoms. The van der Waals surface area contributed by atoms with Crippen LogP contribution in [-0.4, -0.2) is 31.2 Å². The van der Waals surface area contributed by atoms with Gasteiger partial charge in [0.25, 0.3) is 10.1 Å². The third kappa shape index (κ3) is 5.23. The Bertz CT molecular complexity index is 548. The van der Waals surface area contributed by atoms with E-state index in [2.05, 4.69) is 0 Å². The van der Waals surface area contributed by atoms with Gasteiger partial charge in [-0.1, -0.05) is 23.8 Å². The molecule has 1 aliphatic heterocycles. The van der Waals surface area contributed by atoms with Crippen molar-refractivity contribution >= 4 is 10.1 Å². The lowest BCUT2D eigenvalue weighted by Crippen LogP contribution is -2.21. The number of rotatable bonds is 1. The average Bonchev–Trinajstić information content (AvgIpc) is 2.33. The minimum atomic E-state index is -4.02. The summed E-state index contributed by atoms with van der Waals surface area (Å²) in [5.41, 5.74) is 0.956. The molecule has 1 atom stereocenters. The number of hydrogen-bond donors (Lipinski definition) is 1. The van der Waals surface area contributed by atoms with Crippen molar-refractivity contribution in [3.63, 3.8) is 0 Å². The van der Waals surface area contributed by atoms with Crippen LogP contribution in [0, 0.1) is 6.92 Å². The van der Waals surface area contributed by atoms with Gasteiger partial charge in [0.15, 0.2) is 6.30 Å². The van der Waals surface area contributed by atoms with Crippen molar-refractivity contribution in [2.45, 2.75) is 18.1 Å². The molecule has 1 unspecified atom stereocenters. The Kier molecular flexibility index (Phi) is 5.26. The van der Waals surface area contributed by atoms with E-state index >= 15 is 0 Å². The Hall–Kier alpha value is -1.66.